The molecule has 3 aromatic rings. The number of ether oxygens (including phenoxy) is 1. The molecule has 0 aliphatic carbocycles. The second kappa shape index (κ2) is 9.81. The molecule has 0 unspecified atom stereocenters. The summed E-state index contributed by atoms with van der Waals surface area (Å²) in [5.74, 6) is 0. The zero-order valence-electron chi connectivity index (χ0n) is 19.3. The van der Waals surface area contributed by atoms with Gasteiger partial charge in [0.25, 0.3) is 0 Å². The minimum Gasteiger partial charge on any atom is -0.415 e. The van der Waals surface area contributed by atoms with E-state index in [-0.39, 0.29) is 11.1 Å². The van der Waals surface area contributed by atoms with Crippen molar-refractivity contribution in [2.24, 2.45) is 0 Å². The number of fused-ring (bicyclic) bond motifs is 1. The molecule has 0 bridgehead atoms. The van der Waals surface area contributed by atoms with Crippen LogP contribution in [0.15, 0.2) is 60.8 Å². The van der Waals surface area contributed by atoms with Crippen molar-refractivity contribution < 1.29 is 9.16 Å². The van der Waals surface area contributed by atoms with Crippen LogP contribution >= 0.6 is 0 Å². The smallest absolute Gasteiger partial charge is 0.192 e. The number of pyridine rings is 1. The molecule has 0 saturated heterocycles. The lowest BCUT2D eigenvalue weighted by Crippen LogP contribution is -2.44. The van der Waals surface area contributed by atoms with Crippen molar-refractivity contribution in [1.29, 1.82) is 0 Å². The summed E-state index contributed by atoms with van der Waals surface area (Å²) in [4.78, 5) is 4.45. The van der Waals surface area contributed by atoms with E-state index in [0.29, 0.717) is 25.5 Å². The van der Waals surface area contributed by atoms with Crippen LogP contribution in [0, 0.1) is 0 Å². The van der Waals surface area contributed by atoms with Crippen LogP contribution in [-0.2, 0) is 15.8 Å². The molecule has 1 heterocycles. The summed E-state index contributed by atoms with van der Waals surface area (Å²) in [7, 11) is -1.89. The zero-order valence-corrected chi connectivity index (χ0v) is 20.3. The van der Waals surface area contributed by atoms with Gasteiger partial charge < -0.3 is 20.2 Å². The minimum atomic E-state index is -1.89. The summed E-state index contributed by atoms with van der Waals surface area (Å²) in [5.41, 5.74) is 9.88. The van der Waals surface area contributed by atoms with Gasteiger partial charge in [0.2, 0.25) is 0 Å². The van der Waals surface area contributed by atoms with Crippen molar-refractivity contribution in [3.8, 4) is 0 Å². The van der Waals surface area contributed by atoms with Crippen molar-refractivity contribution in [2.45, 2.75) is 51.6 Å². The van der Waals surface area contributed by atoms with Gasteiger partial charge in [-0.1, -0.05) is 69.3 Å². The summed E-state index contributed by atoms with van der Waals surface area (Å²) in [5, 5.41) is 4.75. The predicted molar refractivity (Wildman–Crippen MR) is 133 cm³/mol. The van der Waals surface area contributed by atoms with Gasteiger partial charge in [-0.15, -0.1) is 0 Å². The minimum absolute atomic E-state index is 0.0362. The zero-order chi connectivity index (χ0) is 22.5. The summed E-state index contributed by atoms with van der Waals surface area (Å²) < 4.78 is 12.6. The van der Waals surface area contributed by atoms with Gasteiger partial charge >= 0.3 is 0 Å². The second-order valence-electron chi connectivity index (χ2n) is 9.52. The molecule has 0 aliphatic heterocycles. The van der Waals surface area contributed by atoms with Gasteiger partial charge in [-0.05, 0) is 29.8 Å². The molecule has 1 aromatic heterocycles. The number of benzene rings is 2. The molecule has 0 fully saturated rings. The highest BCUT2D eigenvalue weighted by atomic mass is 28.4. The number of nitrogens with two attached hydrogens (primary N) is 1. The number of nitrogens with zero attached hydrogens (tertiary/aromatic N) is 1. The van der Waals surface area contributed by atoms with Crippen LogP contribution in [0.5, 0.6) is 0 Å². The van der Waals surface area contributed by atoms with Crippen LogP contribution in [0.3, 0.4) is 0 Å². The van der Waals surface area contributed by atoms with Crippen LogP contribution in [0.2, 0.25) is 18.1 Å². The molecular formula is C25H35N3O2Si. The average Bonchev–Trinajstić information content (AvgIpc) is 2.73. The topological polar surface area (TPSA) is 69.4 Å². The maximum atomic E-state index is 6.52. The lowest BCUT2D eigenvalue weighted by atomic mass is 10.1. The standard InChI is InChI=1S/C25H35N3O2Si/c1-25(2,3)31(4,5)30-18-20(17-29-16-19-11-7-6-8-12-19)28-24-21-13-9-10-14-23(21)27-15-22(24)26/h6-15,20H,16-18,26H2,1-5H3,(H,27,28)/t20-/m0/s1. The first-order valence-corrected chi connectivity index (χ1v) is 13.7. The van der Waals surface area contributed by atoms with Gasteiger partial charge in [-0.2, -0.15) is 0 Å². The molecule has 0 amide bonds. The van der Waals surface area contributed by atoms with Gasteiger partial charge in [0.05, 0.1) is 49.0 Å². The van der Waals surface area contributed by atoms with Crippen molar-refractivity contribution in [3.05, 3.63) is 66.4 Å². The monoisotopic (exact) mass is 437 g/mol. The maximum absolute atomic E-state index is 6.52. The molecule has 5 nitrogen and oxygen atoms in total. The molecule has 3 N–H and O–H groups in total. The highest BCUT2D eigenvalue weighted by Crippen LogP contribution is 2.37. The highest BCUT2D eigenvalue weighted by molar-refractivity contribution is 6.74. The van der Waals surface area contributed by atoms with Crippen LogP contribution in [-0.4, -0.2) is 32.6 Å². The van der Waals surface area contributed by atoms with Crippen LogP contribution in [0.1, 0.15) is 26.3 Å². The first-order valence-electron chi connectivity index (χ1n) is 10.8. The number of aromatic nitrogens is 1. The fourth-order valence-electron chi connectivity index (χ4n) is 3.07. The van der Waals surface area contributed by atoms with E-state index in [1.807, 2.05) is 42.5 Å². The number of nitrogens with one attached hydrogen (secondary N) is 1. The molecule has 0 aliphatic rings. The van der Waals surface area contributed by atoms with Gasteiger partial charge in [0.15, 0.2) is 8.32 Å². The molecule has 0 spiro atoms. The van der Waals surface area contributed by atoms with E-state index in [9.17, 15) is 0 Å². The number of anilines is 2. The Bertz CT molecular complexity index is 987. The van der Waals surface area contributed by atoms with E-state index in [2.05, 4.69) is 56.3 Å². The molecule has 0 saturated carbocycles. The van der Waals surface area contributed by atoms with Gasteiger partial charge in [-0.3, -0.25) is 4.98 Å². The van der Waals surface area contributed by atoms with Crippen LogP contribution in [0.4, 0.5) is 11.4 Å². The van der Waals surface area contributed by atoms with Crippen molar-refractivity contribution in [1.82, 2.24) is 4.98 Å². The Balaban J connectivity index is 1.77. The third-order valence-corrected chi connectivity index (χ3v) is 10.5. The normalized spacial score (nSPS) is 13.3. The molecule has 2 aromatic carbocycles. The maximum Gasteiger partial charge on any atom is 0.192 e. The second-order valence-corrected chi connectivity index (χ2v) is 14.3. The number of hydrogen-bond acceptors (Lipinski definition) is 5. The molecule has 3 rings (SSSR count). The van der Waals surface area contributed by atoms with Gasteiger partial charge in [0.1, 0.15) is 0 Å². The van der Waals surface area contributed by atoms with Crippen molar-refractivity contribution in [2.75, 3.05) is 24.3 Å². The Morgan fingerprint density at radius 3 is 2.39 bits per heavy atom. The van der Waals surface area contributed by atoms with E-state index >= 15 is 0 Å². The Morgan fingerprint density at radius 1 is 1.00 bits per heavy atom. The van der Waals surface area contributed by atoms with Gasteiger partial charge in [0, 0.05) is 5.39 Å². The summed E-state index contributed by atoms with van der Waals surface area (Å²) in [6.45, 7) is 12.9. The highest BCUT2D eigenvalue weighted by Gasteiger charge is 2.37. The van der Waals surface area contributed by atoms with Crippen LogP contribution < -0.4 is 11.1 Å². The summed E-state index contributed by atoms with van der Waals surface area (Å²) in [6, 6.07) is 18.2. The van der Waals surface area contributed by atoms with E-state index in [1.165, 1.54) is 0 Å². The van der Waals surface area contributed by atoms with E-state index in [4.69, 9.17) is 14.9 Å². The first-order chi connectivity index (χ1) is 14.7. The molecular weight excluding hydrogens is 402 g/mol. The van der Waals surface area contributed by atoms with E-state index in [1.54, 1.807) is 6.20 Å². The molecule has 0 radical (unpaired) electrons. The Hall–Kier alpha value is -2.41. The number of rotatable bonds is 9. The molecule has 31 heavy (non-hydrogen) atoms. The fraction of sp³-hybridized carbons (Fsp3) is 0.400. The number of para-hydroxylation sites is 1. The third-order valence-electron chi connectivity index (χ3n) is 6.04. The lowest BCUT2D eigenvalue weighted by molar-refractivity contribution is 0.0966. The van der Waals surface area contributed by atoms with Gasteiger partial charge in [-0.25, -0.2) is 0 Å². The molecule has 1 atom stereocenters. The molecule has 166 valence electrons. The SMILES string of the molecule is CC(C)(C)[Si](C)(C)OC[C@H](COCc1ccccc1)Nc1c(N)cnc2ccccc12. The quantitative estimate of drug-likeness (QED) is 0.412. The van der Waals surface area contributed by atoms with Crippen molar-refractivity contribution >= 4 is 30.6 Å². The number of nitrogen functional groups attached to an aromatic ring is 1. The molecule has 6 heteroatoms. The predicted octanol–water partition coefficient (Wildman–Crippen LogP) is 5.84. The van der Waals surface area contributed by atoms with E-state index < -0.39 is 8.32 Å². The average molecular weight is 438 g/mol. The third kappa shape index (κ3) is 6.06. The Labute approximate surface area is 187 Å². The summed E-state index contributed by atoms with van der Waals surface area (Å²) in [6.07, 6.45) is 1.71. The first kappa shape index (κ1) is 23.3. The Kier molecular flexibility index (Phi) is 7.36. The van der Waals surface area contributed by atoms with Crippen LogP contribution in [0.25, 0.3) is 10.9 Å². The van der Waals surface area contributed by atoms with E-state index in [0.717, 1.165) is 22.2 Å². The lowest BCUT2D eigenvalue weighted by Gasteiger charge is -2.37. The van der Waals surface area contributed by atoms with Crippen molar-refractivity contribution in [3.63, 3.8) is 0 Å². The fourth-order valence-corrected chi connectivity index (χ4v) is 4.12. The largest absolute Gasteiger partial charge is 0.415 e. The summed E-state index contributed by atoms with van der Waals surface area (Å²) >= 11 is 0. The Morgan fingerprint density at radius 2 is 1.68 bits per heavy atom. The number of hydrogen-bond donors (Lipinski definition) is 2.